The van der Waals surface area contributed by atoms with Gasteiger partial charge in [-0.2, -0.15) is 13.2 Å². The van der Waals surface area contributed by atoms with Crippen LogP contribution in [0, 0.1) is 5.92 Å². The van der Waals surface area contributed by atoms with E-state index in [0.29, 0.717) is 25.3 Å². The fourth-order valence-electron chi connectivity index (χ4n) is 3.28. The van der Waals surface area contributed by atoms with Gasteiger partial charge in [-0.15, -0.1) is 0 Å². The zero-order valence-electron chi connectivity index (χ0n) is 13.7. The predicted octanol–water partition coefficient (Wildman–Crippen LogP) is 3.51. The van der Waals surface area contributed by atoms with Crippen molar-refractivity contribution < 1.29 is 23.1 Å². The van der Waals surface area contributed by atoms with E-state index < -0.39 is 23.4 Å². The molecule has 0 aliphatic carbocycles. The van der Waals surface area contributed by atoms with Gasteiger partial charge >= 0.3 is 12.2 Å². The molecule has 24 heavy (non-hydrogen) atoms. The maximum atomic E-state index is 12.5. The van der Waals surface area contributed by atoms with Crippen molar-refractivity contribution in [3.8, 4) is 0 Å². The second kappa shape index (κ2) is 6.96. The third-order valence-corrected chi connectivity index (χ3v) is 4.23. The molecule has 8 heteroatoms. The van der Waals surface area contributed by atoms with Crippen molar-refractivity contribution in [2.45, 2.75) is 44.8 Å². The first-order valence-corrected chi connectivity index (χ1v) is 7.91. The van der Waals surface area contributed by atoms with E-state index in [1.54, 1.807) is 4.90 Å². The molecule has 0 bridgehead atoms. The lowest BCUT2D eigenvalue weighted by Gasteiger charge is -2.38. The first kappa shape index (κ1) is 18.5. The topological polar surface area (TPSA) is 65.5 Å². The summed E-state index contributed by atoms with van der Waals surface area (Å²) in [5.74, 6) is 0.304. The van der Waals surface area contributed by atoms with E-state index in [-0.39, 0.29) is 12.3 Å². The number of nitrogens with one attached hydrogen (secondary N) is 1. The molecule has 2 amide bonds. The first-order valence-electron chi connectivity index (χ1n) is 7.91. The van der Waals surface area contributed by atoms with Crippen LogP contribution in [0.1, 0.15) is 38.8 Å². The number of halogens is 3. The highest BCUT2D eigenvalue weighted by Crippen LogP contribution is 2.35. The van der Waals surface area contributed by atoms with Gasteiger partial charge in [0, 0.05) is 6.54 Å². The van der Waals surface area contributed by atoms with Crippen molar-refractivity contribution in [1.82, 2.24) is 9.88 Å². The standard InChI is InChI=1S/C16H22F3N3O2/c1-11(2)8-15(10-23)6-3-7-22(15)14(24)21-12-4-5-13(20-9-12)16(17,18)19/h4-5,9,11,23H,3,6-8,10H2,1-2H3,(H,21,24). The summed E-state index contributed by atoms with van der Waals surface area (Å²) in [5.41, 5.74) is -1.43. The minimum Gasteiger partial charge on any atom is -0.394 e. The second-order valence-corrected chi connectivity index (χ2v) is 6.60. The lowest BCUT2D eigenvalue weighted by Crippen LogP contribution is -2.52. The van der Waals surface area contributed by atoms with Gasteiger partial charge in [-0.3, -0.25) is 0 Å². The number of urea groups is 1. The molecule has 1 saturated heterocycles. The summed E-state index contributed by atoms with van der Waals surface area (Å²) in [7, 11) is 0. The van der Waals surface area contributed by atoms with E-state index in [1.807, 2.05) is 13.8 Å². The molecule has 0 radical (unpaired) electrons. The number of aromatic nitrogens is 1. The molecule has 0 spiro atoms. The molecular formula is C16H22F3N3O2. The second-order valence-electron chi connectivity index (χ2n) is 6.60. The van der Waals surface area contributed by atoms with Crippen molar-refractivity contribution in [1.29, 1.82) is 0 Å². The smallest absolute Gasteiger partial charge is 0.394 e. The maximum Gasteiger partial charge on any atom is 0.433 e. The molecule has 0 aromatic carbocycles. The number of anilines is 1. The van der Waals surface area contributed by atoms with Crippen molar-refractivity contribution in [2.75, 3.05) is 18.5 Å². The lowest BCUT2D eigenvalue weighted by atomic mass is 9.87. The zero-order valence-corrected chi connectivity index (χ0v) is 13.7. The highest BCUT2D eigenvalue weighted by Gasteiger charge is 2.43. The average molecular weight is 345 g/mol. The van der Waals surface area contributed by atoms with Crippen LogP contribution in [-0.2, 0) is 6.18 Å². The Kier molecular flexibility index (Phi) is 5.37. The van der Waals surface area contributed by atoms with Crippen LogP contribution in [0.25, 0.3) is 0 Å². The summed E-state index contributed by atoms with van der Waals surface area (Å²) in [6, 6.07) is 1.57. The minimum atomic E-state index is -4.51. The largest absolute Gasteiger partial charge is 0.433 e. The lowest BCUT2D eigenvalue weighted by molar-refractivity contribution is -0.141. The monoisotopic (exact) mass is 345 g/mol. The summed E-state index contributed by atoms with van der Waals surface area (Å²) in [4.78, 5) is 17.4. The predicted molar refractivity (Wildman–Crippen MR) is 83.5 cm³/mol. The van der Waals surface area contributed by atoms with Crippen LogP contribution in [0.5, 0.6) is 0 Å². The molecule has 134 valence electrons. The average Bonchev–Trinajstić information content (AvgIpc) is 2.90. The van der Waals surface area contributed by atoms with Gasteiger partial charge in [-0.1, -0.05) is 13.8 Å². The van der Waals surface area contributed by atoms with Crippen molar-refractivity contribution in [2.24, 2.45) is 5.92 Å². The quantitative estimate of drug-likeness (QED) is 0.878. The molecule has 1 aromatic heterocycles. The Balaban J connectivity index is 2.11. The van der Waals surface area contributed by atoms with Crippen LogP contribution in [0.15, 0.2) is 18.3 Å². The van der Waals surface area contributed by atoms with Crippen LogP contribution in [0.3, 0.4) is 0 Å². The number of aliphatic hydroxyl groups excluding tert-OH is 1. The summed E-state index contributed by atoms with van der Waals surface area (Å²) in [5, 5.41) is 12.4. The third-order valence-electron chi connectivity index (χ3n) is 4.23. The van der Waals surface area contributed by atoms with Gasteiger partial charge in [0.15, 0.2) is 0 Å². The van der Waals surface area contributed by atoms with Gasteiger partial charge in [0.1, 0.15) is 5.69 Å². The molecule has 5 nitrogen and oxygen atoms in total. The number of amides is 2. The number of hydrogen-bond acceptors (Lipinski definition) is 3. The minimum absolute atomic E-state index is 0.135. The number of carbonyl (C=O) groups is 1. The van der Waals surface area contributed by atoms with Gasteiger partial charge in [-0.25, -0.2) is 9.78 Å². The number of nitrogens with zero attached hydrogens (tertiary/aromatic N) is 2. The van der Waals surface area contributed by atoms with E-state index in [4.69, 9.17) is 0 Å². The van der Waals surface area contributed by atoms with Gasteiger partial charge < -0.3 is 15.3 Å². The molecular weight excluding hydrogens is 323 g/mol. The normalized spacial score (nSPS) is 21.4. The van der Waals surface area contributed by atoms with Crippen LogP contribution in [-0.4, -0.2) is 39.7 Å². The Morgan fingerprint density at radius 1 is 1.46 bits per heavy atom. The molecule has 1 aliphatic rings. The highest BCUT2D eigenvalue weighted by atomic mass is 19.4. The Morgan fingerprint density at radius 2 is 2.17 bits per heavy atom. The van der Waals surface area contributed by atoms with E-state index in [1.165, 1.54) is 6.07 Å². The number of pyridine rings is 1. The van der Waals surface area contributed by atoms with Crippen molar-refractivity contribution >= 4 is 11.7 Å². The number of alkyl halides is 3. The number of hydrogen-bond donors (Lipinski definition) is 2. The number of carbonyl (C=O) groups excluding carboxylic acids is 1. The van der Waals surface area contributed by atoms with E-state index in [9.17, 15) is 23.1 Å². The van der Waals surface area contributed by atoms with E-state index >= 15 is 0 Å². The molecule has 2 rings (SSSR count). The highest BCUT2D eigenvalue weighted by molar-refractivity contribution is 5.90. The number of likely N-dealkylation sites (tertiary alicyclic amines) is 1. The summed E-state index contributed by atoms with van der Waals surface area (Å²) in [6.45, 7) is 4.41. The molecule has 1 aromatic rings. The maximum absolute atomic E-state index is 12.5. The molecule has 2 heterocycles. The molecule has 1 fully saturated rings. The van der Waals surface area contributed by atoms with Gasteiger partial charge in [0.2, 0.25) is 0 Å². The SMILES string of the molecule is CC(C)CC1(CO)CCCN1C(=O)Nc1ccc(C(F)(F)F)nc1. The fraction of sp³-hybridized carbons (Fsp3) is 0.625. The van der Waals surface area contributed by atoms with Crippen LogP contribution < -0.4 is 5.32 Å². The molecule has 1 unspecified atom stereocenters. The Bertz CT molecular complexity index is 575. The van der Waals surface area contributed by atoms with Crippen LogP contribution in [0.4, 0.5) is 23.7 Å². The van der Waals surface area contributed by atoms with Gasteiger partial charge in [-0.05, 0) is 37.3 Å². The summed E-state index contributed by atoms with van der Waals surface area (Å²) in [6.07, 6.45) is -1.37. The first-order chi connectivity index (χ1) is 11.2. The molecule has 1 atom stereocenters. The number of aliphatic hydroxyl groups is 1. The fourth-order valence-corrected chi connectivity index (χ4v) is 3.28. The third kappa shape index (κ3) is 3.98. The van der Waals surface area contributed by atoms with Gasteiger partial charge in [0.05, 0.1) is 24.0 Å². The van der Waals surface area contributed by atoms with Crippen LogP contribution >= 0.6 is 0 Å². The molecule has 2 N–H and O–H groups in total. The summed E-state index contributed by atoms with van der Waals surface area (Å²) < 4.78 is 37.5. The molecule has 1 aliphatic heterocycles. The Hall–Kier alpha value is -1.83. The summed E-state index contributed by atoms with van der Waals surface area (Å²) >= 11 is 0. The van der Waals surface area contributed by atoms with Crippen LogP contribution in [0.2, 0.25) is 0 Å². The van der Waals surface area contributed by atoms with E-state index in [0.717, 1.165) is 18.7 Å². The molecule has 0 saturated carbocycles. The van der Waals surface area contributed by atoms with Gasteiger partial charge in [0.25, 0.3) is 0 Å². The zero-order chi connectivity index (χ0) is 18.0. The van der Waals surface area contributed by atoms with Crippen molar-refractivity contribution in [3.63, 3.8) is 0 Å². The Labute approximate surface area is 138 Å². The Morgan fingerprint density at radius 3 is 2.67 bits per heavy atom. The van der Waals surface area contributed by atoms with Crippen molar-refractivity contribution in [3.05, 3.63) is 24.0 Å². The number of rotatable bonds is 4. The van der Waals surface area contributed by atoms with E-state index in [2.05, 4.69) is 10.3 Å².